The van der Waals surface area contributed by atoms with E-state index < -0.39 is 5.82 Å². The number of nitrogens with zero attached hydrogens (tertiary/aromatic N) is 4. The molecule has 0 bridgehead atoms. The monoisotopic (exact) mass is 461 g/mol. The maximum atomic E-state index is 13.3. The number of benzene rings is 1. The summed E-state index contributed by atoms with van der Waals surface area (Å²) in [5.41, 5.74) is 1.70. The minimum Gasteiger partial charge on any atom is -0.352 e. The quantitative estimate of drug-likeness (QED) is 0.553. The molecule has 9 heteroatoms. The van der Waals surface area contributed by atoms with Crippen LogP contribution in [-0.2, 0) is 0 Å². The minimum atomic E-state index is -0.510. The number of halogens is 2. The average Bonchev–Trinajstić information content (AvgIpc) is 3.04. The van der Waals surface area contributed by atoms with Gasteiger partial charge in [-0.15, -0.1) is 11.3 Å². The number of piperazine rings is 1. The second-order valence-electron chi connectivity index (χ2n) is 8.06. The fraction of sp³-hybridized carbons (Fsp3) is 0.409. The zero-order valence-corrected chi connectivity index (χ0v) is 19.6. The second kappa shape index (κ2) is 8.59. The summed E-state index contributed by atoms with van der Waals surface area (Å²) in [6.07, 6.45) is 0. The lowest BCUT2D eigenvalue weighted by Gasteiger charge is -2.36. The number of aryl methyl sites for hydroxylation is 2. The first-order valence-corrected chi connectivity index (χ1v) is 11.5. The van der Waals surface area contributed by atoms with Crippen LogP contribution in [0.2, 0.25) is 5.02 Å². The van der Waals surface area contributed by atoms with Gasteiger partial charge < -0.3 is 15.1 Å². The van der Waals surface area contributed by atoms with Gasteiger partial charge in [-0.2, -0.15) is 0 Å². The number of fused-ring (bicyclic) bond motifs is 1. The second-order valence-corrected chi connectivity index (χ2v) is 9.67. The topological polar surface area (TPSA) is 61.4 Å². The Balaban J connectivity index is 1.51. The van der Waals surface area contributed by atoms with E-state index in [9.17, 15) is 9.18 Å². The van der Waals surface area contributed by atoms with Crippen LogP contribution in [0.25, 0.3) is 10.2 Å². The summed E-state index contributed by atoms with van der Waals surface area (Å²) in [5, 5.41) is 3.89. The SMILES string of the molecule is Cc1sc2nc(C(C)C)nc(N3CCN(C(=O)Nc4ccc(F)c(Cl)c4)CC3)c2c1C. The lowest BCUT2D eigenvalue weighted by Crippen LogP contribution is -2.50. The van der Waals surface area contributed by atoms with Gasteiger partial charge in [-0.3, -0.25) is 0 Å². The Morgan fingerprint density at radius 3 is 2.55 bits per heavy atom. The van der Waals surface area contributed by atoms with Gasteiger partial charge in [0.2, 0.25) is 0 Å². The Kier molecular flexibility index (Phi) is 6.03. The zero-order chi connectivity index (χ0) is 22.3. The summed E-state index contributed by atoms with van der Waals surface area (Å²) < 4.78 is 13.3. The largest absolute Gasteiger partial charge is 0.352 e. The van der Waals surface area contributed by atoms with Crippen LogP contribution in [0.4, 0.5) is 20.7 Å². The molecule has 1 aliphatic heterocycles. The first kappa shape index (κ1) is 21.8. The van der Waals surface area contributed by atoms with Gasteiger partial charge in [0.05, 0.1) is 10.4 Å². The van der Waals surface area contributed by atoms with E-state index in [1.807, 2.05) is 0 Å². The van der Waals surface area contributed by atoms with Crippen molar-refractivity contribution in [3.8, 4) is 0 Å². The van der Waals surface area contributed by atoms with Crippen molar-refractivity contribution in [2.45, 2.75) is 33.6 Å². The lowest BCUT2D eigenvalue weighted by atomic mass is 10.1. The van der Waals surface area contributed by atoms with E-state index in [0.717, 1.165) is 21.9 Å². The highest BCUT2D eigenvalue weighted by Gasteiger charge is 2.26. The minimum absolute atomic E-state index is 0.0159. The summed E-state index contributed by atoms with van der Waals surface area (Å²) in [7, 11) is 0. The molecule has 31 heavy (non-hydrogen) atoms. The number of aromatic nitrogens is 2. The molecule has 2 aromatic heterocycles. The molecule has 1 saturated heterocycles. The van der Waals surface area contributed by atoms with Crippen molar-refractivity contribution in [3.05, 3.63) is 45.3 Å². The van der Waals surface area contributed by atoms with E-state index in [4.69, 9.17) is 21.6 Å². The highest BCUT2D eigenvalue weighted by atomic mass is 35.5. The molecule has 0 saturated carbocycles. The van der Waals surface area contributed by atoms with Gasteiger partial charge in [0.15, 0.2) is 0 Å². The Morgan fingerprint density at radius 1 is 1.19 bits per heavy atom. The normalized spacial score (nSPS) is 14.5. The third-order valence-corrected chi connectivity index (χ3v) is 6.97. The van der Waals surface area contributed by atoms with Crippen molar-refractivity contribution >= 4 is 50.7 Å². The van der Waals surface area contributed by atoms with Crippen molar-refractivity contribution in [3.63, 3.8) is 0 Å². The number of carbonyl (C=O) groups is 1. The highest BCUT2D eigenvalue weighted by molar-refractivity contribution is 7.18. The van der Waals surface area contributed by atoms with Crippen molar-refractivity contribution in [2.24, 2.45) is 0 Å². The molecular weight excluding hydrogens is 437 g/mol. The fourth-order valence-electron chi connectivity index (χ4n) is 3.63. The Morgan fingerprint density at radius 2 is 1.90 bits per heavy atom. The predicted molar refractivity (Wildman–Crippen MR) is 125 cm³/mol. The third-order valence-electron chi connectivity index (χ3n) is 5.58. The number of carbonyl (C=O) groups excluding carboxylic acids is 1. The number of amides is 2. The van der Waals surface area contributed by atoms with Crippen LogP contribution in [-0.4, -0.2) is 47.1 Å². The van der Waals surface area contributed by atoms with Gasteiger partial charge in [0, 0.05) is 42.7 Å². The van der Waals surface area contributed by atoms with Gasteiger partial charge >= 0.3 is 6.03 Å². The standard InChI is InChI=1S/C22H25ClFN5OS/c1-12(2)19-26-20(18-13(3)14(4)31-21(18)27-19)28-7-9-29(10-8-28)22(30)25-15-5-6-17(24)16(23)11-15/h5-6,11-12H,7-10H2,1-4H3,(H,25,30). The van der Waals surface area contributed by atoms with Gasteiger partial charge in [0.1, 0.15) is 22.3 Å². The maximum absolute atomic E-state index is 13.3. The smallest absolute Gasteiger partial charge is 0.321 e. The summed E-state index contributed by atoms with van der Waals surface area (Å²) >= 11 is 7.52. The number of anilines is 2. The molecule has 6 nitrogen and oxygen atoms in total. The maximum Gasteiger partial charge on any atom is 0.321 e. The number of nitrogens with one attached hydrogen (secondary N) is 1. The van der Waals surface area contributed by atoms with Crippen LogP contribution in [0.5, 0.6) is 0 Å². The Labute approximate surface area is 190 Å². The lowest BCUT2D eigenvalue weighted by molar-refractivity contribution is 0.208. The molecule has 2 amide bonds. The molecule has 3 heterocycles. The average molecular weight is 462 g/mol. The van der Waals surface area contributed by atoms with E-state index in [2.05, 4.69) is 37.9 Å². The van der Waals surface area contributed by atoms with Crippen molar-refractivity contribution in [2.75, 3.05) is 36.4 Å². The summed E-state index contributed by atoms with van der Waals surface area (Å²) in [6.45, 7) is 10.9. The van der Waals surface area contributed by atoms with Gasteiger partial charge in [-0.1, -0.05) is 25.4 Å². The third kappa shape index (κ3) is 4.32. The number of hydrogen-bond donors (Lipinski definition) is 1. The molecule has 1 aliphatic rings. The van der Waals surface area contributed by atoms with E-state index in [1.165, 1.54) is 28.6 Å². The first-order chi connectivity index (χ1) is 14.7. The molecule has 0 spiro atoms. The summed E-state index contributed by atoms with van der Waals surface area (Å²) in [4.78, 5) is 28.6. The zero-order valence-electron chi connectivity index (χ0n) is 18.0. The molecule has 1 fully saturated rings. The number of thiophene rings is 1. The molecule has 0 aliphatic carbocycles. The first-order valence-electron chi connectivity index (χ1n) is 10.3. The van der Waals surface area contributed by atoms with Gasteiger partial charge in [0.25, 0.3) is 0 Å². The fourth-order valence-corrected chi connectivity index (χ4v) is 4.84. The van der Waals surface area contributed by atoms with Crippen molar-refractivity contribution in [1.29, 1.82) is 0 Å². The van der Waals surface area contributed by atoms with Crippen LogP contribution in [0.1, 0.15) is 36.0 Å². The van der Waals surface area contributed by atoms with Crippen LogP contribution >= 0.6 is 22.9 Å². The van der Waals surface area contributed by atoms with Crippen LogP contribution in [0, 0.1) is 19.7 Å². The molecule has 1 N–H and O–H groups in total. The number of urea groups is 1. The molecule has 1 aromatic carbocycles. The Hall–Kier alpha value is -2.45. The van der Waals surface area contributed by atoms with Crippen molar-refractivity contribution in [1.82, 2.24) is 14.9 Å². The molecule has 164 valence electrons. The number of rotatable bonds is 3. The van der Waals surface area contributed by atoms with Crippen molar-refractivity contribution < 1.29 is 9.18 Å². The van der Waals surface area contributed by atoms with E-state index in [1.54, 1.807) is 16.2 Å². The summed E-state index contributed by atoms with van der Waals surface area (Å²) in [6, 6.07) is 3.94. The molecule has 4 rings (SSSR count). The molecule has 0 atom stereocenters. The van der Waals surface area contributed by atoms with E-state index in [0.29, 0.717) is 31.9 Å². The molecule has 0 unspecified atom stereocenters. The molecule has 3 aromatic rings. The van der Waals surface area contributed by atoms with E-state index in [-0.39, 0.29) is 17.0 Å². The van der Waals surface area contributed by atoms with Crippen LogP contribution < -0.4 is 10.2 Å². The predicted octanol–water partition coefficient (Wildman–Crippen LogP) is 5.58. The summed E-state index contributed by atoms with van der Waals surface area (Å²) in [5.74, 6) is 1.53. The molecular formula is C22H25ClFN5OS. The Bertz CT molecular complexity index is 1140. The van der Waals surface area contributed by atoms with Crippen LogP contribution in [0.15, 0.2) is 18.2 Å². The molecule has 0 radical (unpaired) electrons. The van der Waals surface area contributed by atoms with Gasteiger partial charge in [-0.05, 0) is 37.6 Å². The highest BCUT2D eigenvalue weighted by Crippen LogP contribution is 2.36. The van der Waals surface area contributed by atoms with Crippen LogP contribution in [0.3, 0.4) is 0 Å². The van der Waals surface area contributed by atoms with E-state index >= 15 is 0 Å². The van der Waals surface area contributed by atoms with Gasteiger partial charge in [-0.25, -0.2) is 19.2 Å². The number of hydrogen-bond acceptors (Lipinski definition) is 5.